The average molecular weight is 544 g/mol. The molecule has 0 aliphatic carbocycles. The number of benzene rings is 2. The quantitative estimate of drug-likeness (QED) is 0.284. The molecule has 1 aliphatic heterocycles. The largest absolute Gasteiger partial charge is 0.494 e. The Labute approximate surface area is 230 Å². The number of pyridine rings is 1. The Kier molecular flexibility index (Phi) is 7.47. The number of carbonyl (C=O) groups is 1. The lowest BCUT2D eigenvalue weighted by Crippen LogP contribution is -2.34. The maximum absolute atomic E-state index is 14.0. The molecule has 5 rings (SSSR count). The summed E-state index contributed by atoms with van der Waals surface area (Å²) in [5, 5.41) is 6.08. The van der Waals surface area contributed by atoms with Crippen LogP contribution in [0.15, 0.2) is 66.1 Å². The summed E-state index contributed by atoms with van der Waals surface area (Å²) in [4.78, 5) is 40.8. The molecule has 2 aromatic carbocycles. The number of nitrogens with zero attached hydrogens (tertiary/aromatic N) is 4. The number of aromatic nitrogens is 3. The normalized spacial score (nSPS) is 15.2. The molecule has 3 heterocycles. The lowest BCUT2D eigenvalue weighted by atomic mass is 10.1. The van der Waals surface area contributed by atoms with Gasteiger partial charge < -0.3 is 30.2 Å². The Bertz CT molecular complexity index is 1650. The van der Waals surface area contributed by atoms with Crippen LogP contribution in [0.3, 0.4) is 0 Å². The molecule has 10 nitrogen and oxygen atoms in total. The summed E-state index contributed by atoms with van der Waals surface area (Å²) < 4.78 is 19.7. The van der Waals surface area contributed by atoms with E-state index in [-0.39, 0.29) is 23.5 Å². The third-order valence-electron chi connectivity index (χ3n) is 7.01. The number of hydrogen-bond acceptors (Lipinski definition) is 8. The highest BCUT2D eigenvalue weighted by Crippen LogP contribution is 2.39. The first-order chi connectivity index (χ1) is 19.2. The standard InChI is InChI=1S/C29H30FN7O3/c1-5-26(38)32-21-13-22(25(40-4)14-24(21)37(3)19-9-10-36(2)16-19)34-29-31-15-23-28(35-29)20(12-27(39)33-23)17-7-6-8-18(30)11-17/h5-8,11-15,19H,1,9-10,16H2,2-4H3,(H,32,38)(H,33,39)(H,31,34,35). The summed E-state index contributed by atoms with van der Waals surface area (Å²) in [6.45, 7) is 5.46. The predicted molar refractivity (Wildman–Crippen MR) is 155 cm³/mol. The van der Waals surface area contributed by atoms with E-state index < -0.39 is 5.82 Å². The summed E-state index contributed by atoms with van der Waals surface area (Å²) in [6.07, 6.45) is 3.69. The minimum atomic E-state index is -0.425. The number of anilines is 4. The average Bonchev–Trinajstić information content (AvgIpc) is 3.38. The molecule has 40 heavy (non-hydrogen) atoms. The molecule has 3 N–H and O–H groups in total. The van der Waals surface area contributed by atoms with Gasteiger partial charge in [0.15, 0.2) is 0 Å². The van der Waals surface area contributed by atoms with Crippen molar-refractivity contribution >= 4 is 40.0 Å². The number of likely N-dealkylation sites (N-methyl/N-ethyl adjacent to an activating group) is 2. The number of halogens is 1. The van der Waals surface area contributed by atoms with Gasteiger partial charge in [0, 0.05) is 37.3 Å². The van der Waals surface area contributed by atoms with Crippen molar-refractivity contribution < 1.29 is 13.9 Å². The Morgan fingerprint density at radius 2 is 2.10 bits per heavy atom. The third kappa shape index (κ3) is 5.50. The van der Waals surface area contributed by atoms with E-state index in [1.54, 1.807) is 25.3 Å². The van der Waals surface area contributed by atoms with Gasteiger partial charge in [-0.1, -0.05) is 18.7 Å². The Hall–Kier alpha value is -4.77. The fourth-order valence-corrected chi connectivity index (χ4v) is 4.94. The van der Waals surface area contributed by atoms with Crippen LogP contribution < -0.4 is 25.8 Å². The molecular weight excluding hydrogens is 513 g/mol. The molecule has 1 aliphatic rings. The minimum absolute atomic E-state index is 0.218. The molecule has 1 atom stereocenters. The van der Waals surface area contributed by atoms with Crippen LogP contribution in [0.1, 0.15) is 6.42 Å². The zero-order valence-corrected chi connectivity index (χ0v) is 22.5. The van der Waals surface area contributed by atoms with E-state index in [0.717, 1.165) is 25.2 Å². The maximum Gasteiger partial charge on any atom is 0.249 e. The lowest BCUT2D eigenvalue weighted by molar-refractivity contribution is -0.111. The molecule has 1 saturated heterocycles. The van der Waals surface area contributed by atoms with E-state index in [1.165, 1.54) is 30.5 Å². The number of H-pyrrole nitrogens is 1. The van der Waals surface area contributed by atoms with Crippen LogP contribution in [-0.2, 0) is 4.79 Å². The minimum Gasteiger partial charge on any atom is -0.494 e. The molecule has 1 fully saturated rings. The molecule has 11 heteroatoms. The van der Waals surface area contributed by atoms with Crippen LogP contribution in [-0.4, -0.2) is 66.1 Å². The molecule has 0 spiro atoms. The SMILES string of the molecule is C=CC(=O)Nc1cc(Nc2ncc3[nH]c(=O)cc(-c4cccc(F)c4)c3n2)c(OC)cc1N(C)C1CCN(C)C1. The number of aromatic amines is 1. The van der Waals surface area contributed by atoms with E-state index in [9.17, 15) is 14.0 Å². The Morgan fingerprint density at radius 1 is 1.27 bits per heavy atom. The molecule has 0 saturated carbocycles. The van der Waals surface area contributed by atoms with E-state index in [4.69, 9.17) is 4.74 Å². The summed E-state index contributed by atoms with van der Waals surface area (Å²) in [6, 6.07) is 11.2. The molecule has 206 valence electrons. The van der Waals surface area contributed by atoms with Gasteiger partial charge in [0.05, 0.1) is 35.9 Å². The number of hydrogen-bond donors (Lipinski definition) is 3. The second kappa shape index (κ2) is 11.1. The number of likely N-dealkylation sites (tertiary alicyclic amines) is 1. The second-order valence-electron chi connectivity index (χ2n) is 9.72. The lowest BCUT2D eigenvalue weighted by Gasteiger charge is -2.29. The van der Waals surface area contributed by atoms with Crippen LogP contribution in [0, 0.1) is 5.82 Å². The number of fused-ring (bicyclic) bond motifs is 1. The van der Waals surface area contributed by atoms with Crippen molar-refractivity contribution in [2.24, 2.45) is 0 Å². The molecule has 0 radical (unpaired) electrons. The van der Waals surface area contributed by atoms with Gasteiger partial charge in [0.2, 0.25) is 17.4 Å². The molecule has 1 amide bonds. The molecule has 2 aromatic heterocycles. The number of methoxy groups -OCH3 is 1. The van der Waals surface area contributed by atoms with Gasteiger partial charge in [-0.15, -0.1) is 0 Å². The number of rotatable bonds is 8. The highest BCUT2D eigenvalue weighted by Gasteiger charge is 2.26. The van der Waals surface area contributed by atoms with Crippen molar-refractivity contribution in [1.29, 1.82) is 0 Å². The van der Waals surface area contributed by atoms with Crippen LogP contribution in [0.25, 0.3) is 22.2 Å². The predicted octanol–water partition coefficient (Wildman–Crippen LogP) is 4.14. The van der Waals surface area contributed by atoms with Gasteiger partial charge in [-0.05, 0) is 49.9 Å². The van der Waals surface area contributed by atoms with Crippen molar-refractivity contribution in [1.82, 2.24) is 19.9 Å². The number of amides is 1. The van der Waals surface area contributed by atoms with E-state index in [1.807, 2.05) is 13.1 Å². The van der Waals surface area contributed by atoms with E-state index in [0.29, 0.717) is 39.3 Å². The van der Waals surface area contributed by atoms with Crippen LogP contribution in [0.4, 0.5) is 27.4 Å². The van der Waals surface area contributed by atoms with Gasteiger partial charge in [0.1, 0.15) is 17.1 Å². The molecule has 1 unspecified atom stereocenters. The van der Waals surface area contributed by atoms with Crippen molar-refractivity contribution in [2.75, 3.05) is 49.8 Å². The number of nitrogens with one attached hydrogen (secondary N) is 3. The summed E-state index contributed by atoms with van der Waals surface area (Å²) in [7, 11) is 5.64. The van der Waals surface area contributed by atoms with Crippen LogP contribution in [0.5, 0.6) is 5.75 Å². The first-order valence-electron chi connectivity index (χ1n) is 12.8. The first kappa shape index (κ1) is 26.8. The highest BCUT2D eigenvalue weighted by molar-refractivity contribution is 6.02. The van der Waals surface area contributed by atoms with Crippen LogP contribution in [0.2, 0.25) is 0 Å². The van der Waals surface area contributed by atoms with Gasteiger partial charge in [-0.3, -0.25) is 9.59 Å². The fraction of sp³-hybridized carbons (Fsp3) is 0.241. The number of ether oxygens (including phenoxy) is 1. The van der Waals surface area contributed by atoms with Gasteiger partial charge in [0.25, 0.3) is 0 Å². The van der Waals surface area contributed by atoms with Gasteiger partial charge >= 0.3 is 0 Å². The van der Waals surface area contributed by atoms with E-state index in [2.05, 4.69) is 49.0 Å². The number of carbonyl (C=O) groups excluding carboxylic acids is 1. The van der Waals surface area contributed by atoms with Crippen LogP contribution >= 0.6 is 0 Å². The molecule has 4 aromatic rings. The summed E-state index contributed by atoms with van der Waals surface area (Å²) >= 11 is 0. The maximum atomic E-state index is 14.0. The topological polar surface area (TPSA) is 115 Å². The second-order valence-corrected chi connectivity index (χ2v) is 9.72. The smallest absolute Gasteiger partial charge is 0.249 e. The molecule has 0 bridgehead atoms. The van der Waals surface area contributed by atoms with Gasteiger partial charge in [-0.25, -0.2) is 14.4 Å². The zero-order chi connectivity index (χ0) is 28.4. The monoisotopic (exact) mass is 543 g/mol. The summed E-state index contributed by atoms with van der Waals surface area (Å²) in [5.41, 5.74) is 3.34. The summed E-state index contributed by atoms with van der Waals surface area (Å²) in [5.74, 6) is -0.0400. The first-order valence-corrected chi connectivity index (χ1v) is 12.8. The zero-order valence-electron chi connectivity index (χ0n) is 22.5. The molecular formula is C29H30FN7O3. The fourth-order valence-electron chi connectivity index (χ4n) is 4.94. The Morgan fingerprint density at radius 3 is 2.80 bits per heavy atom. The highest BCUT2D eigenvalue weighted by atomic mass is 19.1. The van der Waals surface area contributed by atoms with Crippen molar-refractivity contribution in [3.63, 3.8) is 0 Å². The van der Waals surface area contributed by atoms with Crippen molar-refractivity contribution in [3.05, 3.63) is 77.5 Å². The Balaban J connectivity index is 1.57. The van der Waals surface area contributed by atoms with Crippen molar-refractivity contribution in [3.8, 4) is 16.9 Å². The third-order valence-corrected chi connectivity index (χ3v) is 7.01. The van der Waals surface area contributed by atoms with Gasteiger partial charge in [-0.2, -0.15) is 0 Å². The van der Waals surface area contributed by atoms with Crippen molar-refractivity contribution in [2.45, 2.75) is 12.5 Å². The van der Waals surface area contributed by atoms with E-state index >= 15 is 0 Å².